The summed E-state index contributed by atoms with van der Waals surface area (Å²) in [4.78, 5) is 22.9. The predicted molar refractivity (Wildman–Crippen MR) is 76.1 cm³/mol. The maximum absolute atomic E-state index is 11.5. The molecule has 1 rings (SSSR count). The lowest BCUT2D eigenvalue weighted by atomic mass is 10.2. The standard InChI is InChI=1S/C14H21N3O3/c1-10(15)7-13(18)17-9-14(19)16-8-11-3-5-12(20-2)6-4-11/h3-6,10H,7-9,15H2,1-2H3,(H,16,19)(H,17,18). The number of carbonyl (C=O) groups excluding carboxylic acids is 2. The van der Waals surface area contributed by atoms with Crippen LogP contribution in [0.3, 0.4) is 0 Å². The average molecular weight is 279 g/mol. The first-order valence-electron chi connectivity index (χ1n) is 6.43. The van der Waals surface area contributed by atoms with Crippen molar-refractivity contribution in [1.82, 2.24) is 10.6 Å². The fourth-order valence-electron chi connectivity index (χ4n) is 1.55. The van der Waals surface area contributed by atoms with Crippen molar-refractivity contribution in [2.75, 3.05) is 13.7 Å². The van der Waals surface area contributed by atoms with Crippen LogP contribution in [0.1, 0.15) is 18.9 Å². The van der Waals surface area contributed by atoms with Gasteiger partial charge in [0.15, 0.2) is 0 Å². The van der Waals surface area contributed by atoms with Crippen molar-refractivity contribution in [3.63, 3.8) is 0 Å². The fraction of sp³-hybridized carbons (Fsp3) is 0.429. The van der Waals surface area contributed by atoms with Crippen LogP contribution in [-0.4, -0.2) is 31.5 Å². The van der Waals surface area contributed by atoms with E-state index in [1.807, 2.05) is 24.3 Å². The zero-order valence-electron chi connectivity index (χ0n) is 11.8. The second kappa shape index (κ2) is 8.16. The van der Waals surface area contributed by atoms with Gasteiger partial charge in [-0.05, 0) is 24.6 Å². The highest BCUT2D eigenvalue weighted by Crippen LogP contribution is 2.10. The van der Waals surface area contributed by atoms with E-state index < -0.39 is 0 Å². The summed E-state index contributed by atoms with van der Waals surface area (Å²) in [5, 5.41) is 5.24. The summed E-state index contributed by atoms with van der Waals surface area (Å²) in [7, 11) is 1.60. The molecule has 6 nitrogen and oxygen atoms in total. The highest BCUT2D eigenvalue weighted by atomic mass is 16.5. The molecule has 1 atom stereocenters. The summed E-state index contributed by atoms with van der Waals surface area (Å²) in [6.45, 7) is 2.11. The Labute approximate surface area is 118 Å². The third-order valence-corrected chi connectivity index (χ3v) is 2.60. The molecule has 0 aliphatic rings. The van der Waals surface area contributed by atoms with Crippen molar-refractivity contribution in [2.45, 2.75) is 25.9 Å². The second-order valence-electron chi connectivity index (χ2n) is 4.58. The van der Waals surface area contributed by atoms with Gasteiger partial charge in [0.1, 0.15) is 5.75 Å². The van der Waals surface area contributed by atoms with Gasteiger partial charge < -0.3 is 21.1 Å². The Hall–Kier alpha value is -2.08. The Morgan fingerprint density at radius 3 is 2.40 bits per heavy atom. The van der Waals surface area contributed by atoms with Crippen molar-refractivity contribution in [2.24, 2.45) is 5.73 Å². The van der Waals surface area contributed by atoms with Crippen LogP contribution in [0, 0.1) is 0 Å². The molecular weight excluding hydrogens is 258 g/mol. The van der Waals surface area contributed by atoms with E-state index in [1.165, 1.54) is 0 Å². The molecule has 1 aromatic carbocycles. The van der Waals surface area contributed by atoms with Crippen LogP contribution < -0.4 is 21.1 Å². The minimum Gasteiger partial charge on any atom is -0.497 e. The van der Waals surface area contributed by atoms with E-state index in [-0.39, 0.29) is 30.8 Å². The lowest BCUT2D eigenvalue weighted by molar-refractivity contribution is -0.126. The summed E-state index contributed by atoms with van der Waals surface area (Å²) in [6.07, 6.45) is 0.214. The maximum Gasteiger partial charge on any atom is 0.239 e. The van der Waals surface area contributed by atoms with Gasteiger partial charge in [-0.15, -0.1) is 0 Å². The number of ether oxygens (including phenoxy) is 1. The summed E-state index contributed by atoms with van der Waals surface area (Å²) in [5.41, 5.74) is 6.45. The Bertz CT molecular complexity index is 443. The molecule has 0 radical (unpaired) electrons. The first-order valence-corrected chi connectivity index (χ1v) is 6.43. The van der Waals surface area contributed by atoms with E-state index in [9.17, 15) is 9.59 Å². The molecule has 1 aromatic rings. The van der Waals surface area contributed by atoms with Gasteiger partial charge in [-0.2, -0.15) is 0 Å². The van der Waals surface area contributed by atoms with Crippen LogP contribution >= 0.6 is 0 Å². The van der Waals surface area contributed by atoms with Crippen LogP contribution in [0.5, 0.6) is 5.75 Å². The smallest absolute Gasteiger partial charge is 0.239 e. The molecule has 0 fully saturated rings. The number of carbonyl (C=O) groups is 2. The highest BCUT2D eigenvalue weighted by molar-refractivity contribution is 5.84. The second-order valence-corrected chi connectivity index (χ2v) is 4.58. The summed E-state index contributed by atoms with van der Waals surface area (Å²) in [6, 6.07) is 7.18. The van der Waals surface area contributed by atoms with E-state index in [0.29, 0.717) is 6.54 Å². The average Bonchev–Trinajstić information content (AvgIpc) is 2.42. The molecule has 4 N–H and O–H groups in total. The molecule has 0 saturated carbocycles. The van der Waals surface area contributed by atoms with Gasteiger partial charge in [0.25, 0.3) is 0 Å². The first kappa shape index (κ1) is 16.0. The van der Waals surface area contributed by atoms with Gasteiger partial charge in [0, 0.05) is 19.0 Å². The van der Waals surface area contributed by atoms with Gasteiger partial charge >= 0.3 is 0 Å². The number of methoxy groups -OCH3 is 1. The molecule has 0 spiro atoms. The molecule has 110 valence electrons. The molecule has 0 heterocycles. The largest absolute Gasteiger partial charge is 0.497 e. The van der Waals surface area contributed by atoms with Crippen LogP contribution in [0.15, 0.2) is 24.3 Å². The number of amides is 2. The van der Waals surface area contributed by atoms with Gasteiger partial charge in [0.05, 0.1) is 13.7 Å². The monoisotopic (exact) mass is 279 g/mol. The molecule has 0 aliphatic carbocycles. The molecule has 0 aromatic heterocycles. The number of hydrogen-bond donors (Lipinski definition) is 3. The molecule has 0 bridgehead atoms. The van der Waals surface area contributed by atoms with Crippen molar-refractivity contribution in [3.8, 4) is 5.75 Å². The third kappa shape index (κ3) is 6.19. The Kier molecular flexibility index (Phi) is 6.52. The molecule has 1 unspecified atom stereocenters. The van der Waals surface area contributed by atoms with E-state index >= 15 is 0 Å². The van der Waals surface area contributed by atoms with E-state index in [1.54, 1.807) is 14.0 Å². The van der Waals surface area contributed by atoms with Crippen LogP contribution in [-0.2, 0) is 16.1 Å². The third-order valence-electron chi connectivity index (χ3n) is 2.60. The summed E-state index contributed by atoms with van der Waals surface area (Å²) >= 11 is 0. The van der Waals surface area contributed by atoms with E-state index in [2.05, 4.69) is 10.6 Å². The van der Waals surface area contributed by atoms with Gasteiger partial charge in [0.2, 0.25) is 11.8 Å². The highest BCUT2D eigenvalue weighted by Gasteiger charge is 2.07. The van der Waals surface area contributed by atoms with E-state index in [0.717, 1.165) is 11.3 Å². The van der Waals surface area contributed by atoms with Crippen LogP contribution in [0.2, 0.25) is 0 Å². The number of rotatable bonds is 7. The molecule has 0 saturated heterocycles. The van der Waals surface area contributed by atoms with Crippen molar-refractivity contribution < 1.29 is 14.3 Å². The summed E-state index contributed by atoms with van der Waals surface area (Å²) < 4.78 is 5.05. The Balaban J connectivity index is 2.27. The van der Waals surface area contributed by atoms with Gasteiger partial charge in [-0.1, -0.05) is 12.1 Å². The molecule has 2 amide bonds. The zero-order valence-corrected chi connectivity index (χ0v) is 11.8. The van der Waals surface area contributed by atoms with Gasteiger partial charge in [-0.3, -0.25) is 9.59 Å². The molecular formula is C14H21N3O3. The topological polar surface area (TPSA) is 93.5 Å². The van der Waals surface area contributed by atoms with Crippen LogP contribution in [0.4, 0.5) is 0 Å². The molecule has 0 aliphatic heterocycles. The lowest BCUT2D eigenvalue weighted by Gasteiger charge is -2.08. The Morgan fingerprint density at radius 2 is 1.85 bits per heavy atom. The summed E-state index contributed by atoms with van der Waals surface area (Å²) in [5.74, 6) is 0.307. The maximum atomic E-state index is 11.5. The van der Waals surface area contributed by atoms with Crippen molar-refractivity contribution in [1.29, 1.82) is 0 Å². The van der Waals surface area contributed by atoms with Gasteiger partial charge in [-0.25, -0.2) is 0 Å². The minimum atomic E-state index is -0.237. The van der Waals surface area contributed by atoms with Crippen molar-refractivity contribution in [3.05, 3.63) is 29.8 Å². The van der Waals surface area contributed by atoms with E-state index in [4.69, 9.17) is 10.5 Å². The zero-order chi connectivity index (χ0) is 15.0. The number of benzene rings is 1. The number of nitrogens with one attached hydrogen (secondary N) is 2. The molecule has 6 heteroatoms. The quantitative estimate of drug-likeness (QED) is 0.663. The van der Waals surface area contributed by atoms with Crippen LogP contribution in [0.25, 0.3) is 0 Å². The number of hydrogen-bond acceptors (Lipinski definition) is 4. The normalized spacial score (nSPS) is 11.6. The molecule has 20 heavy (non-hydrogen) atoms. The lowest BCUT2D eigenvalue weighted by Crippen LogP contribution is -2.38. The van der Waals surface area contributed by atoms with Crippen molar-refractivity contribution >= 4 is 11.8 Å². The predicted octanol–water partition coefficient (Wildman–Crippen LogP) is 0.165. The fourth-order valence-corrected chi connectivity index (χ4v) is 1.55. The SMILES string of the molecule is COc1ccc(CNC(=O)CNC(=O)CC(C)N)cc1. The number of nitrogens with two attached hydrogens (primary N) is 1. The Morgan fingerprint density at radius 1 is 1.20 bits per heavy atom. The minimum absolute atomic E-state index is 0.0400. The first-order chi connectivity index (χ1) is 9.51.